The molecular weight excluding hydrogens is 324 g/mol. The summed E-state index contributed by atoms with van der Waals surface area (Å²) >= 11 is 6.71. The third-order valence-electron chi connectivity index (χ3n) is 1.88. The standard InChI is InChI=1S/C10H7Br2N2O/c11-7-1-3-13-9(5-7)10-6-8(12)2-4-14(10)15/h1-6,15H/q+1. The molecule has 0 aliphatic heterocycles. The average Bonchev–Trinajstić information content (AvgIpc) is 2.22. The topological polar surface area (TPSA) is 37.0 Å². The molecule has 2 aromatic rings. The van der Waals surface area contributed by atoms with Gasteiger partial charge in [0.1, 0.15) is 5.69 Å². The van der Waals surface area contributed by atoms with Gasteiger partial charge >= 0.3 is 0 Å². The summed E-state index contributed by atoms with van der Waals surface area (Å²) in [5.41, 5.74) is 1.33. The second-order valence-electron chi connectivity index (χ2n) is 2.93. The molecule has 0 spiro atoms. The van der Waals surface area contributed by atoms with Crippen molar-refractivity contribution in [2.45, 2.75) is 0 Å². The first-order valence-corrected chi connectivity index (χ1v) is 5.78. The SMILES string of the molecule is O[n+]1ccc(Br)cc1-c1cc(Br)ccn1. The van der Waals surface area contributed by atoms with Crippen LogP contribution in [0.4, 0.5) is 0 Å². The molecule has 0 amide bonds. The predicted molar refractivity (Wildman–Crippen MR) is 62.5 cm³/mol. The van der Waals surface area contributed by atoms with Gasteiger partial charge in [0, 0.05) is 32.0 Å². The monoisotopic (exact) mass is 329 g/mol. The van der Waals surface area contributed by atoms with Gasteiger partial charge in [-0.05, 0) is 12.1 Å². The molecule has 3 nitrogen and oxygen atoms in total. The van der Waals surface area contributed by atoms with E-state index in [0.717, 1.165) is 13.7 Å². The van der Waals surface area contributed by atoms with Crippen LogP contribution in [0.1, 0.15) is 0 Å². The molecule has 0 aliphatic carbocycles. The summed E-state index contributed by atoms with van der Waals surface area (Å²) in [5.74, 6) is 0. The van der Waals surface area contributed by atoms with E-state index in [1.807, 2.05) is 12.1 Å². The molecule has 0 aliphatic rings. The quantitative estimate of drug-likeness (QED) is 0.645. The minimum atomic E-state index is 0.630. The summed E-state index contributed by atoms with van der Waals surface area (Å²) in [6.07, 6.45) is 3.24. The zero-order valence-corrected chi connectivity index (χ0v) is 10.7. The number of hydrogen-bond acceptors (Lipinski definition) is 2. The fourth-order valence-electron chi connectivity index (χ4n) is 1.20. The molecule has 0 radical (unpaired) electrons. The summed E-state index contributed by atoms with van der Waals surface area (Å²) in [5, 5.41) is 9.62. The van der Waals surface area contributed by atoms with Crippen molar-refractivity contribution in [2.24, 2.45) is 0 Å². The smallest absolute Gasteiger partial charge is 0.283 e. The maximum atomic E-state index is 9.62. The second kappa shape index (κ2) is 4.28. The first kappa shape index (κ1) is 10.6. The molecular formula is C10H7Br2N2O+. The van der Waals surface area contributed by atoms with Crippen LogP contribution in [0.25, 0.3) is 11.4 Å². The second-order valence-corrected chi connectivity index (χ2v) is 4.77. The van der Waals surface area contributed by atoms with Crippen LogP contribution in [-0.2, 0) is 0 Å². The normalized spacial score (nSPS) is 10.3. The Morgan fingerprint density at radius 1 is 1.13 bits per heavy atom. The number of halogens is 2. The molecule has 0 saturated heterocycles. The van der Waals surface area contributed by atoms with Crippen LogP contribution in [0.15, 0.2) is 45.6 Å². The van der Waals surface area contributed by atoms with E-state index < -0.39 is 0 Å². The van der Waals surface area contributed by atoms with Gasteiger partial charge in [0.15, 0.2) is 0 Å². The van der Waals surface area contributed by atoms with Gasteiger partial charge in [-0.2, -0.15) is 0 Å². The summed E-state index contributed by atoms with van der Waals surface area (Å²) in [6.45, 7) is 0. The fourth-order valence-corrected chi connectivity index (χ4v) is 1.87. The summed E-state index contributed by atoms with van der Waals surface area (Å²) < 4.78 is 2.86. The molecule has 0 saturated carbocycles. The highest BCUT2D eigenvalue weighted by atomic mass is 79.9. The van der Waals surface area contributed by atoms with Gasteiger partial charge in [0.25, 0.3) is 5.69 Å². The van der Waals surface area contributed by atoms with Crippen molar-refractivity contribution in [3.8, 4) is 11.4 Å². The number of hydrogen-bond donors (Lipinski definition) is 1. The van der Waals surface area contributed by atoms with E-state index in [4.69, 9.17) is 0 Å². The van der Waals surface area contributed by atoms with Gasteiger partial charge in [0.05, 0.1) is 0 Å². The Bertz CT molecular complexity index is 503. The molecule has 2 rings (SSSR count). The Balaban J connectivity index is 2.58. The van der Waals surface area contributed by atoms with Crippen LogP contribution in [0.2, 0.25) is 0 Å². The van der Waals surface area contributed by atoms with Crippen LogP contribution in [-0.4, -0.2) is 10.2 Å². The predicted octanol–water partition coefficient (Wildman–Crippen LogP) is 2.80. The van der Waals surface area contributed by atoms with Gasteiger partial charge in [0.2, 0.25) is 6.20 Å². The zero-order chi connectivity index (χ0) is 10.8. The maximum absolute atomic E-state index is 9.62. The van der Waals surface area contributed by atoms with Crippen LogP contribution in [0.5, 0.6) is 0 Å². The lowest BCUT2D eigenvalue weighted by atomic mass is 10.2. The molecule has 15 heavy (non-hydrogen) atoms. The summed E-state index contributed by atoms with van der Waals surface area (Å²) in [7, 11) is 0. The van der Waals surface area contributed by atoms with E-state index in [1.54, 1.807) is 24.5 Å². The third kappa shape index (κ3) is 2.35. The van der Waals surface area contributed by atoms with Gasteiger partial charge in [-0.1, -0.05) is 31.9 Å². The first-order chi connectivity index (χ1) is 7.16. The highest BCUT2D eigenvalue weighted by molar-refractivity contribution is 9.10. The van der Waals surface area contributed by atoms with E-state index in [1.165, 1.54) is 0 Å². The Hall–Kier alpha value is -0.940. The third-order valence-corrected chi connectivity index (χ3v) is 2.87. The van der Waals surface area contributed by atoms with Crippen molar-refractivity contribution in [2.75, 3.05) is 0 Å². The number of rotatable bonds is 1. The molecule has 0 fully saturated rings. The maximum Gasteiger partial charge on any atom is 0.283 e. The van der Waals surface area contributed by atoms with Crippen molar-refractivity contribution in [1.29, 1.82) is 0 Å². The lowest BCUT2D eigenvalue weighted by Gasteiger charge is -1.97. The van der Waals surface area contributed by atoms with Gasteiger partial charge in [-0.15, -0.1) is 0 Å². The van der Waals surface area contributed by atoms with Crippen LogP contribution < -0.4 is 4.73 Å². The van der Waals surface area contributed by atoms with Gasteiger partial charge in [-0.3, -0.25) is 5.21 Å². The Kier molecular flexibility index (Phi) is 3.02. The highest BCUT2D eigenvalue weighted by Crippen LogP contribution is 2.19. The molecule has 2 heterocycles. The minimum absolute atomic E-state index is 0.630. The molecule has 1 N–H and O–H groups in total. The van der Waals surface area contributed by atoms with E-state index in [0.29, 0.717) is 11.4 Å². The number of nitrogens with zero attached hydrogens (tertiary/aromatic N) is 2. The van der Waals surface area contributed by atoms with E-state index >= 15 is 0 Å². The minimum Gasteiger partial charge on any atom is -0.284 e. The lowest BCUT2D eigenvalue weighted by Crippen LogP contribution is -2.32. The van der Waals surface area contributed by atoms with E-state index in [9.17, 15) is 5.21 Å². The summed E-state index contributed by atoms with van der Waals surface area (Å²) in [6, 6.07) is 7.23. The zero-order valence-electron chi connectivity index (χ0n) is 7.56. The lowest BCUT2D eigenvalue weighted by molar-refractivity contribution is -0.896. The molecule has 2 aromatic heterocycles. The van der Waals surface area contributed by atoms with Gasteiger partial charge in [-0.25, -0.2) is 4.98 Å². The fraction of sp³-hybridized carbons (Fsp3) is 0. The number of aromatic nitrogens is 2. The van der Waals surface area contributed by atoms with Crippen molar-refractivity contribution < 1.29 is 9.94 Å². The van der Waals surface area contributed by atoms with Crippen molar-refractivity contribution >= 4 is 31.9 Å². The van der Waals surface area contributed by atoms with E-state index in [2.05, 4.69) is 36.8 Å². The average molecular weight is 331 g/mol. The first-order valence-electron chi connectivity index (χ1n) is 4.19. The molecule has 0 atom stereocenters. The van der Waals surface area contributed by atoms with Crippen LogP contribution in [0, 0.1) is 0 Å². The Morgan fingerprint density at radius 3 is 2.60 bits per heavy atom. The molecule has 76 valence electrons. The van der Waals surface area contributed by atoms with Crippen molar-refractivity contribution in [3.05, 3.63) is 45.6 Å². The largest absolute Gasteiger partial charge is 0.284 e. The summed E-state index contributed by atoms with van der Waals surface area (Å²) in [4.78, 5) is 4.18. The van der Waals surface area contributed by atoms with Crippen molar-refractivity contribution in [3.63, 3.8) is 0 Å². The highest BCUT2D eigenvalue weighted by Gasteiger charge is 2.14. The molecule has 0 bridgehead atoms. The van der Waals surface area contributed by atoms with Gasteiger partial charge < -0.3 is 0 Å². The van der Waals surface area contributed by atoms with Crippen LogP contribution >= 0.6 is 31.9 Å². The Morgan fingerprint density at radius 2 is 1.87 bits per heavy atom. The van der Waals surface area contributed by atoms with Crippen LogP contribution in [0.3, 0.4) is 0 Å². The number of pyridine rings is 2. The van der Waals surface area contributed by atoms with E-state index in [-0.39, 0.29) is 0 Å². The van der Waals surface area contributed by atoms with Crippen molar-refractivity contribution in [1.82, 2.24) is 4.98 Å². The Labute approximate surface area is 104 Å². The molecule has 0 aromatic carbocycles. The molecule has 5 heteroatoms. The molecule has 0 unspecified atom stereocenters.